The molecule has 0 amide bonds. The number of ether oxygens (including phenoxy) is 1. The van der Waals surface area contributed by atoms with Crippen molar-refractivity contribution in [3.63, 3.8) is 0 Å². The number of aryl methyl sites for hydroxylation is 2. The number of hydrogen-bond donors (Lipinski definition) is 0. The topological polar surface area (TPSA) is 22.1 Å². The van der Waals surface area contributed by atoms with Crippen molar-refractivity contribution in [1.29, 1.82) is 0 Å². The minimum atomic E-state index is -4.67. The minimum Gasteiger partial charge on any atom is -0.388 e. The molecule has 0 saturated carbocycles. The Labute approximate surface area is 73.4 Å². The zero-order valence-corrected chi connectivity index (χ0v) is 7.14. The van der Waals surface area contributed by atoms with E-state index in [4.69, 9.17) is 0 Å². The summed E-state index contributed by atoms with van der Waals surface area (Å²) in [5.41, 5.74) is 1.17. The highest BCUT2D eigenvalue weighted by Gasteiger charge is 2.32. The first-order chi connectivity index (χ1) is 5.88. The molecule has 0 spiro atoms. The number of hydrogen-bond acceptors (Lipinski definition) is 2. The van der Waals surface area contributed by atoms with E-state index in [1.165, 1.54) is 13.1 Å². The van der Waals surface area contributed by atoms with Crippen LogP contribution in [0.4, 0.5) is 13.2 Å². The van der Waals surface area contributed by atoms with Gasteiger partial charge in [0.15, 0.2) is 0 Å². The van der Waals surface area contributed by atoms with Crippen LogP contribution >= 0.6 is 0 Å². The van der Waals surface area contributed by atoms with Gasteiger partial charge in [-0.15, -0.1) is 13.2 Å². The van der Waals surface area contributed by atoms with E-state index in [2.05, 4.69) is 9.72 Å². The van der Waals surface area contributed by atoms with Crippen LogP contribution in [0.5, 0.6) is 5.88 Å². The van der Waals surface area contributed by atoms with E-state index in [1.54, 1.807) is 13.0 Å². The molecule has 0 aromatic carbocycles. The second-order valence-corrected chi connectivity index (χ2v) is 2.68. The van der Waals surface area contributed by atoms with Crippen LogP contribution in [0.3, 0.4) is 0 Å². The van der Waals surface area contributed by atoms with E-state index in [0.717, 1.165) is 5.56 Å². The molecule has 0 N–H and O–H groups in total. The van der Waals surface area contributed by atoms with Crippen molar-refractivity contribution >= 4 is 0 Å². The minimum absolute atomic E-state index is 0.373. The van der Waals surface area contributed by atoms with Crippen molar-refractivity contribution in [1.82, 2.24) is 4.98 Å². The van der Waals surface area contributed by atoms with Gasteiger partial charge in [0.1, 0.15) is 0 Å². The summed E-state index contributed by atoms with van der Waals surface area (Å²) in [5.74, 6) is -0.391. The average molecular weight is 191 g/mol. The lowest BCUT2D eigenvalue weighted by Crippen LogP contribution is -2.18. The number of halogens is 3. The van der Waals surface area contributed by atoms with Gasteiger partial charge in [-0.2, -0.15) is 0 Å². The summed E-state index contributed by atoms with van der Waals surface area (Å²) in [7, 11) is 0. The second kappa shape index (κ2) is 3.24. The van der Waals surface area contributed by atoms with Gasteiger partial charge in [-0.05, 0) is 25.5 Å². The third-order valence-electron chi connectivity index (χ3n) is 1.38. The van der Waals surface area contributed by atoms with Crippen molar-refractivity contribution in [3.8, 4) is 5.88 Å². The number of nitrogens with zero attached hydrogens (tertiary/aromatic N) is 1. The number of rotatable bonds is 1. The molecule has 0 aliphatic carbocycles. The van der Waals surface area contributed by atoms with Gasteiger partial charge in [-0.3, -0.25) is 0 Å². The largest absolute Gasteiger partial charge is 0.574 e. The molecule has 0 aliphatic rings. The zero-order chi connectivity index (χ0) is 10.1. The third kappa shape index (κ3) is 2.93. The Balaban J connectivity index is 2.90. The quantitative estimate of drug-likeness (QED) is 0.680. The Morgan fingerprint density at radius 3 is 2.38 bits per heavy atom. The monoisotopic (exact) mass is 191 g/mol. The summed E-state index contributed by atoms with van der Waals surface area (Å²) >= 11 is 0. The van der Waals surface area contributed by atoms with Crippen LogP contribution in [0, 0.1) is 13.8 Å². The van der Waals surface area contributed by atoms with Crippen LogP contribution in [0.1, 0.15) is 11.1 Å². The smallest absolute Gasteiger partial charge is 0.388 e. The molecule has 0 aliphatic heterocycles. The molecule has 1 heterocycles. The van der Waals surface area contributed by atoms with Gasteiger partial charge in [0.05, 0.1) is 0 Å². The maximum Gasteiger partial charge on any atom is 0.574 e. The zero-order valence-electron chi connectivity index (χ0n) is 7.14. The van der Waals surface area contributed by atoms with Crippen molar-refractivity contribution in [3.05, 3.63) is 23.4 Å². The van der Waals surface area contributed by atoms with E-state index >= 15 is 0 Å². The molecule has 1 rings (SSSR count). The Bertz CT molecular complexity index is 309. The fourth-order valence-electron chi connectivity index (χ4n) is 0.919. The lowest BCUT2D eigenvalue weighted by molar-refractivity contribution is -0.276. The van der Waals surface area contributed by atoms with Crippen LogP contribution < -0.4 is 4.74 Å². The Hall–Kier alpha value is -1.26. The summed E-state index contributed by atoms with van der Waals surface area (Å²) in [5, 5.41) is 0. The van der Waals surface area contributed by atoms with Crippen molar-refractivity contribution in [2.45, 2.75) is 20.2 Å². The van der Waals surface area contributed by atoms with Crippen LogP contribution in [0.25, 0.3) is 0 Å². The third-order valence-corrected chi connectivity index (χ3v) is 1.38. The number of aromatic nitrogens is 1. The maximum atomic E-state index is 11.8. The molecule has 1 aromatic rings. The molecule has 72 valence electrons. The van der Waals surface area contributed by atoms with Crippen molar-refractivity contribution < 1.29 is 17.9 Å². The molecule has 5 heteroatoms. The molecule has 0 unspecified atom stereocenters. The van der Waals surface area contributed by atoms with E-state index < -0.39 is 12.2 Å². The lowest BCUT2D eigenvalue weighted by Gasteiger charge is -2.09. The van der Waals surface area contributed by atoms with E-state index in [9.17, 15) is 13.2 Å². The van der Waals surface area contributed by atoms with Crippen LogP contribution in [-0.4, -0.2) is 11.3 Å². The molecule has 2 nitrogen and oxygen atoms in total. The highest BCUT2D eigenvalue weighted by Crippen LogP contribution is 2.23. The predicted octanol–water partition coefficient (Wildman–Crippen LogP) is 2.60. The highest BCUT2D eigenvalue weighted by atomic mass is 19.4. The molecule has 0 radical (unpaired) electrons. The van der Waals surface area contributed by atoms with E-state index in [1.807, 2.05) is 0 Å². The van der Waals surface area contributed by atoms with E-state index in [-0.39, 0.29) is 0 Å². The summed E-state index contributed by atoms with van der Waals surface area (Å²) in [6.45, 7) is 3.26. The fraction of sp³-hybridized carbons (Fsp3) is 0.375. The molecule has 0 atom stereocenters. The van der Waals surface area contributed by atoms with Crippen molar-refractivity contribution in [2.75, 3.05) is 0 Å². The van der Waals surface area contributed by atoms with Crippen LogP contribution in [-0.2, 0) is 0 Å². The van der Waals surface area contributed by atoms with Gasteiger partial charge >= 0.3 is 6.36 Å². The number of pyridine rings is 1. The number of alkyl halides is 3. The van der Waals surface area contributed by atoms with Crippen molar-refractivity contribution in [2.24, 2.45) is 0 Å². The highest BCUT2D eigenvalue weighted by molar-refractivity contribution is 5.27. The average Bonchev–Trinajstić information content (AvgIpc) is 1.93. The first kappa shape index (κ1) is 9.83. The van der Waals surface area contributed by atoms with Gasteiger partial charge in [-0.25, -0.2) is 4.98 Å². The Morgan fingerprint density at radius 1 is 1.31 bits per heavy atom. The summed E-state index contributed by atoms with van der Waals surface area (Å²) < 4.78 is 39.0. The van der Waals surface area contributed by atoms with Crippen LogP contribution in [0.15, 0.2) is 12.3 Å². The molecular formula is C8H8F3NO. The van der Waals surface area contributed by atoms with Crippen LogP contribution in [0.2, 0.25) is 0 Å². The Morgan fingerprint density at radius 2 is 1.92 bits per heavy atom. The molecule has 0 fully saturated rings. The first-order valence-corrected chi connectivity index (χ1v) is 3.57. The molecular weight excluding hydrogens is 183 g/mol. The van der Waals surface area contributed by atoms with Gasteiger partial charge in [0.2, 0.25) is 5.88 Å². The molecule has 0 bridgehead atoms. The van der Waals surface area contributed by atoms with Gasteiger partial charge in [0, 0.05) is 11.8 Å². The first-order valence-electron chi connectivity index (χ1n) is 3.57. The summed E-state index contributed by atoms with van der Waals surface area (Å²) in [6, 6.07) is 1.58. The molecule has 1 aromatic heterocycles. The SMILES string of the molecule is Cc1cnc(OC(F)(F)F)c(C)c1. The van der Waals surface area contributed by atoms with E-state index in [0.29, 0.717) is 5.56 Å². The lowest BCUT2D eigenvalue weighted by atomic mass is 10.2. The fourth-order valence-corrected chi connectivity index (χ4v) is 0.919. The van der Waals surface area contributed by atoms with Gasteiger partial charge in [0.25, 0.3) is 0 Å². The second-order valence-electron chi connectivity index (χ2n) is 2.68. The molecule has 0 saturated heterocycles. The van der Waals surface area contributed by atoms with Gasteiger partial charge < -0.3 is 4.74 Å². The normalized spacial score (nSPS) is 11.5. The summed E-state index contributed by atoms with van der Waals surface area (Å²) in [6.07, 6.45) is -3.35. The standard InChI is InChI=1S/C8H8F3NO/c1-5-3-6(2)7(12-4-5)13-8(9,10)11/h3-4H,1-2H3. The molecule has 13 heavy (non-hydrogen) atoms. The Kier molecular flexibility index (Phi) is 2.45. The predicted molar refractivity (Wildman–Crippen MR) is 40.4 cm³/mol. The summed E-state index contributed by atoms with van der Waals surface area (Å²) in [4.78, 5) is 3.52. The van der Waals surface area contributed by atoms with Gasteiger partial charge in [-0.1, -0.05) is 0 Å². The maximum absolute atomic E-state index is 11.8.